The second-order valence-electron chi connectivity index (χ2n) is 4.07. The highest BCUT2D eigenvalue weighted by Crippen LogP contribution is 2.32. The van der Waals surface area contributed by atoms with Gasteiger partial charge >= 0.3 is 6.18 Å². The summed E-state index contributed by atoms with van der Waals surface area (Å²) in [5.41, 5.74) is 0.845. The molecule has 1 aromatic rings. The van der Waals surface area contributed by atoms with Crippen LogP contribution in [0.2, 0.25) is 0 Å². The molecule has 0 bridgehead atoms. The molecule has 0 aliphatic rings. The summed E-state index contributed by atoms with van der Waals surface area (Å²) in [7, 11) is 0. The Morgan fingerprint density at radius 2 is 2.00 bits per heavy atom. The number of halogens is 4. The Bertz CT molecular complexity index is 560. The Hall–Kier alpha value is -1.68. The number of nitrogens with zero attached hydrogens (tertiary/aromatic N) is 1. The molecule has 6 nitrogen and oxygen atoms in total. The van der Waals surface area contributed by atoms with Gasteiger partial charge in [-0.25, -0.2) is 0 Å². The standard InChI is InChI=1S/C10H9BrF3N3O3/c1-9(15,10(12,13)14)8(18)16-6-3-2-5(11)4-7(6)17(19)20/h2-4H,15H2,1H3,(H,16,18). The van der Waals surface area contributed by atoms with Crippen LogP contribution in [-0.4, -0.2) is 22.5 Å². The predicted octanol–water partition coefficient (Wildman–Crippen LogP) is 2.58. The summed E-state index contributed by atoms with van der Waals surface area (Å²) >= 11 is 2.98. The average Bonchev–Trinajstić information content (AvgIpc) is 2.29. The van der Waals surface area contributed by atoms with E-state index >= 15 is 0 Å². The first-order valence-electron chi connectivity index (χ1n) is 5.08. The maximum atomic E-state index is 12.6. The van der Waals surface area contributed by atoms with E-state index in [2.05, 4.69) is 15.9 Å². The maximum Gasteiger partial charge on any atom is 0.415 e. The van der Waals surface area contributed by atoms with Crippen molar-refractivity contribution < 1.29 is 22.9 Å². The highest BCUT2D eigenvalue weighted by Gasteiger charge is 2.54. The molecule has 0 saturated heterocycles. The number of nitro groups is 1. The van der Waals surface area contributed by atoms with Crippen molar-refractivity contribution in [3.63, 3.8) is 0 Å². The van der Waals surface area contributed by atoms with E-state index in [0.29, 0.717) is 11.4 Å². The molecular formula is C10H9BrF3N3O3. The predicted molar refractivity (Wildman–Crippen MR) is 68.1 cm³/mol. The van der Waals surface area contributed by atoms with Gasteiger partial charge in [0.25, 0.3) is 11.6 Å². The lowest BCUT2D eigenvalue weighted by molar-refractivity contribution is -0.384. The van der Waals surface area contributed by atoms with Crippen LogP contribution in [0.4, 0.5) is 24.5 Å². The molecule has 0 spiro atoms. The van der Waals surface area contributed by atoms with Gasteiger partial charge in [0, 0.05) is 10.5 Å². The number of anilines is 1. The summed E-state index contributed by atoms with van der Waals surface area (Å²) < 4.78 is 38.1. The van der Waals surface area contributed by atoms with Gasteiger partial charge in [-0.2, -0.15) is 13.2 Å². The zero-order chi connectivity index (χ0) is 15.7. The quantitative estimate of drug-likeness (QED) is 0.642. The number of hydrogen-bond acceptors (Lipinski definition) is 4. The van der Waals surface area contributed by atoms with Gasteiger partial charge in [-0.15, -0.1) is 0 Å². The van der Waals surface area contributed by atoms with Crippen molar-refractivity contribution in [2.75, 3.05) is 5.32 Å². The van der Waals surface area contributed by atoms with Crippen molar-refractivity contribution in [1.82, 2.24) is 0 Å². The van der Waals surface area contributed by atoms with Crippen molar-refractivity contribution in [3.8, 4) is 0 Å². The van der Waals surface area contributed by atoms with Crippen LogP contribution < -0.4 is 11.1 Å². The molecule has 0 aliphatic carbocycles. The first-order valence-corrected chi connectivity index (χ1v) is 5.87. The molecule has 1 unspecified atom stereocenters. The molecule has 1 amide bonds. The Morgan fingerprint density at radius 3 is 2.45 bits per heavy atom. The normalized spacial score (nSPS) is 14.5. The molecule has 0 saturated carbocycles. The number of hydrogen-bond donors (Lipinski definition) is 2. The first-order chi connectivity index (χ1) is 8.96. The van der Waals surface area contributed by atoms with E-state index in [1.807, 2.05) is 5.32 Å². The fourth-order valence-electron chi connectivity index (χ4n) is 1.14. The van der Waals surface area contributed by atoms with E-state index in [-0.39, 0.29) is 5.69 Å². The lowest BCUT2D eigenvalue weighted by atomic mass is 10.0. The third-order valence-corrected chi connectivity index (χ3v) is 2.96. The number of rotatable bonds is 3. The SMILES string of the molecule is CC(N)(C(=O)Nc1ccc(Br)cc1[N+](=O)[O-])C(F)(F)F. The molecule has 10 heteroatoms. The number of carbonyl (C=O) groups excluding carboxylic acids is 1. The fourth-order valence-corrected chi connectivity index (χ4v) is 1.49. The molecule has 3 N–H and O–H groups in total. The highest BCUT2D eigenvalue weighted by atomic mass is 79.9. The molecule has 1 rings (SSSR count). The largest absolute Gasteiger partial charge is 0.415 e. The highest BCUT2D eigenvalue weighted by molar-refractivity contribution is 9.10. The lowest BCUT2D eigenvalue weighted by Crippen LogP contribution is -2.59. The van der Waals surface area contributed by atoms with Crippen molar-refractivity contribution in [3.05, 3.63) is 32.8 Å². The van der Waals surface area contributed by atoms with Gasteiger partial charge in [0.2, 0.25) is 0 Å². The van der Waals surface area contributed by atoms with Crippen LogP contribution >= 0.6 is 15.9 Å². The van der Waals surface area contributed by atoms with E-state index in [4.69, 9.17) is 5.73 Å². The maximum absolute atomic E-state index is 12.6. The van der Waals surface area contributed by atoms with Gasteiger partial charge < -0.3 is 11.1 Å². The molecule has 0 aromatic heterocycles. The number of nitrogens with one attached hydrogen (secondary N) is 1. The molecule has 0 aliphatic heterocycles. The van der Waals surface area contributed by atoms with Crippen molar-refractivity contribution in [1.29, 1.82) is 0 Å². The Morgan fingerprint density at radius 1 is 1.45 bits per heavy atom. The van der Waals surface area contributed by atoms with Gasteiger partial charge in [-0.05, 0) is 19.1 Å². The molecule has 0 heterocycles. The van der Waals surface area contributed by atoms with E-state index in [0.717, 1.165) is 12.1 Å². The minimum absolute atomic E-state index is 0.341. The van der Waals surface area contributed by atoms with Gasteiger partial charge in [0.05, 0.1) is 4.92 Å². The van der Waals surface area contributed by atoms with Gasteiger partial charge in [-0.1, -0.05) is 15.9 Å². The van der Waals surface area contributed by atoms with Crippen LogP contribution in [0, 0.1) is 10.1 Å². The van der Waals surface area contributed by atoms with Crippen LogP contribution in [0.15, 0.2) is 22.7 Å². The van der Waals surface area contributed by atoms with Gasteiger partial charge in [0.15, 0.2) is 5.54 Å². The molecule has 1 aromatic carbocycles. The lowest BCUT2D eigenvalue weighted by Gasteiger charge is -2.26. The van der Waals surface area contributed by atoms with E-state index in [9.17, 15) is 28.1 Å². The Kier molecular flexibility index (Phi) is 4.39. The third-order valence-electron chi connectivity index (χ3n) is 2.47. The molecule has 110 valence electrons. The van der Waals surface area contributed by atoms with Crippen LogP contribution in [0.5, 0.6) is 0 Å². The Balaban J connectivity index is 3.12. The summed E-state index contributed by atoms with van der Waals surface area (Å²) in [5, 5.41) is 12.6. The molecular weight excluding hydrogens is 347 g/mol. The van der Waals surface area contributed by atoms with E-state index < -0.39 is 28.2 Å². The number of alkyl halides is 3. The fraction of sp³-hybridized carbons (Fsp3) is 0.300. The summed E-state index contributed by atoms with van der Waals surface area (Å²) in [6.45, 7) is 0.479. The molecule has 20 heavy (non-hydrogen) atoms. The summed E-state index contributed by atoms with van der Waals surface area (Å²) in [4.78, 5) is 21.5. The molecule has 1 atom stereocenters. The van der Waals surface area contributed by atoms with Crippen LogP contribution in [0.3, 0.4) is 0 Å². The molecule has 0 fully saturated rings. The smallest absolute Gasteiger partial charge is 0.318 e. The zero-order valence-electron chi connectivity index (χ0n) is 9.99. The van der Waals surface area contributed by atoms with Crippen LogP contribution in [-0.2, 0) is 4.79 Å². The number of benzene rings is 1. The number of amides is 1. The van der Waals surface area contributed by atoms with Gasteiger partial charge in [0.1, 0.15) is 5.69 Å². The minimum atomic E-state index is -4.98. The minimum Gasteiger partial charge on any atom is -0.318 e. The van der Waals surface area contributed by atoms with Crippen LogP contribution in [0.25, 0.3) is 0 Å². The van der Waals surface area contributed by atoms with Crippen molar-refractivity contribution >= 4 is 33.2 Å². The number of nitro benzene ring substituents is 1. The van der Waals surface area contributed by atoms with Crippen LogP contribution in [0.1, 0.15) is 6.92 Å². The van der Waals surface area contributed by atoms with Crippen molar-refractivity contribution in [2.45, 2.75) is 18.6 Å². The number of carbonyl (C=O) groups is 1. The summed E-state index contributed by atoms with van der Waals surface area (Å²) in [5.74, 6) is -1.59. The summed E-state index contributed by atoms with van der Waals surface area (Å²) in [6, 6.07) is 3.49. The van der Waals surface area contributed by atoms with E-state index in [1.165, 1.54) is 6.07 Å². The first kappa shape index (κ1) is 16.4. The average molecular weight is 356 g/mol. The van der Waals surface area contributed by atoms with E-state index in [1.54, 1.807) is 0 Å². The monoisotopic (exact) mass is 355 g/mol. The van der Waals surface area contributed by atoms with Crippen molar-refractivity contribution in [2.24, 2.45) is 5.73 Å². The zero-order valence-corrected chi connectivity index (χ0v) is 11.6. The second-order valence-corrected chi connectivity index (χ2v) is 4.99. The second kappa shape index (κ2) is 5.37. The molecule has 0 radical (unpaired) electrons. The third kappa shape index (κ3) is 3.25. The Labute approximate surface area is 119 Å². The summed E-state index contributed by atoms with van der Waals surface area (Å²) in [6.07, 6.45) is -4.98. The van der Waals surface area contributed by atoms with Gasteiger partial charge in [-0.3, -0.25) is 14.9 Å². The number of nitrogens with two attached hydrogens (primary N) is 1. The topological polar surface area (TPSA) is 98.3 Å².